The summed E-state index contributed by atoms with van der Waals surface area (Å²) in [5.74, 6) is 2.77. The Hall–Kier alpha value is -2.03. The molecule has 23 heavy (non-hydrogen) atoms. The van der Waals surface area contributed by atoms with E-state index in [1.807, 2.05) is 51.2 Å². The maximum atomic E-state index is 8.49. The summed E-state index contributed by atoms with van der Waals surface area (Å²) in [6, 6.07) is 8.16. The van der Waals surface area contributed by atoms with Crippen molar-refractivity contribution in [1.82, 2.24) is 4.58 Å². The quantitative estimate of drug-likeness (QED) is 0.460. The highest BCUT2D eigenvalue weighted by Crippen LogP contribution is 2.21. The summed E-state index contributed by atoms with van der Waals surface area (Å²) in [5.41, 5.74) is 1.09. The third kappa shape index (κ3) is 4.72. The second-order valence-electron chi connectivity index (χ2n) is 4.93. The normalized spacial score (nSPS) is 16.6. The molecule has 1 aromatic rings. The number of allylic oxidation sites excluding steroid dienone is 5. The van der Waals surface area contributed by atoms with Gasteiger partial charge in [-0.25, -0.2) is 23.2 Å². The molecule has 2 heterocycles. The highest BCUT2D eigenvalue weighted by Gasteiger charge is 2.22. The molecule has 8 heteroatoms. The SMILES string of the molecule is CC1=CC(=C2N=c3ccccc3=[N+]2C)C=C(C)O1.[O-][Cl+3]([O-])([O-])[O-]. The maximum Gasteiger partial charge on any atom is 0.331 e. The predicted molar refractivity (Wildman–Crippen MR) is 70.0 cm³/mol. The first-order valence-corrected chi connectivity index (χ1v) is 7.83. The van der Waals surface area contributed by atoms with E-state index in [2.05, 4.69) is 15.6 Å². The van der Waals surface area contributed by atoms with Crippen LogP contribution in [-0.2, 0) is 4.74 Å². The average molecular weight is 339 g/mol. The van der Waals surface area contributed by atoms with E-state index in [9.17, 15) is 0 Å². The third-order valence-electron chi connectivity index (χ3n) is 3.08. The smallest absolute Gasteiger partial charge is 0.331 e. The van der Waals surface area contributed by atoms with Crippen molar-refractivity contribution in [2.24, 2.45) is 4.99 Å². The molecule has 0 aliphatic carbocycles. The Morgan fingerprint density at radius 2 is 1.52 bits per heavy atom. The lowest BCUT2D eigenvalue weighted by Gasteiger charge is -2.17. The lowest BCUT2D eigenvalue weighted by Crippen LogP contribution is -2.68. The summed E-state index contributed by atoms with van der Waals surface area (Å²) >= 11 is 0. The minimum absolute atomic E-state index is 0.900. The van der Waals surface area contributed by atoms with Crippen molar-refractivity contribution >= 4 is 0 Å². The largest absolute Gasteiger partial charge is 0.467 e. The molecular weight excluding hydrogens is 324 g/mol. The summed E-state index contributed by atoms with van der Waals surface area (Å²) in [6.45, 7) is 3.91. The first-order chi connectivity index (χ1) is 10.6. The van der Waals surface area contributed by atoms with E-state index in [1.54, 1.807) is 0 Å². The van der Waals surface area contributed by atoms with Crippen LogP contribution in [0.25, 0.3) is 0 Å². The molecule has 0 amide bonds. The first kappa shape index (κ1) is 17.3. The number of nitrogens with zero attached hydrogens (tertiary/aromatic N) is 2. The van der Waals surface area contributed by atoms with E-state index in [-0.39, 0.29) is 0 Å². The molecule has 0 saturated carbocycles. The topological polar surface area (TPSA) is 117 Å². The molecular formula is C15H15ClN2O5. The lowest BCUT2D eigenvalue weighted by atomic mass is 10.1. The van der Waals surface area contributed by atoms with Gasteiger partial charge >= 0.3 is 5.82 Å². The summed E-state index contributed by atoms with van der Waals surface area (Å²) in [6.07, 6.45) is 4.04. The summed E-state index contributed by atoms with van der Waals surface area (Å²) < 4.78 is 41.6. The van der Waals surface area contributed by atoms with Crippen molar-refractivity contribution in [3.63, 3.8) is 0 Å². The molecule has 0 fully saturated rings. The number of hydrogen-bond acceptors (Lipinski definition) is 6. The van der Waals surface area contributed by atoms with E-state index in [4.69, 9.17) is 23.4 Å². The lowest BCUT2D eigenvalue weighted by molar-refractivity contribution is -2.00. The minimum atomic E-state index is -4.94. The zero-order valence-electron chi connectivity index (χ0n) is 12.8. The van der Waals surface area contributed by atoms with Crippen LogP contribution in [-0.4, -0.2) is 7.05 Å². The van der Waals surface area contributed by atoms with Crippen LogP contribution in [0.4, 0.5) is 0 Å². The van der Waals surface area contributed by atoms with Crippen LogP contribution >= 0.6 is 0 Å². The van der Waals surface area contributed by atoms with E-state index < -0.39 is 10.2 Å². The van der Waals surface area contributed by atoms with Gasteiger partial charge in [-0.2, -0.15) is 0 Å². The van der Waals surface area contributed by atoms with Gasteiger partial charge in [0.05, 0.1) is 12.6 Å². The molecule has 122 valence electrons. The third-order valence-corrected chi connectivity index (χ3v) is 3.08. The average Bonchev–Trinajstić information content (AvgIpc) is 2.74. The Morgan fingerprint density at radius 3 is 2.04 bits per heavy atom. The molecule has 3 rings (SSSR count). The second kappa shape index (κ2) is 6.61. The maximum absolute atomic E-state index is 8.49. The van der Waals surface area contributed by atoms with Gasteiger partial charge in [0.15, 0.2) is 5.36 Å². The molecule has 2 aliphatic rings. The van der Waals surface area contributed by atoms with Gasteiger partial charge in [-0.15, -0.1) is 10.2 Å². The molecule has 7 nitrogen and oxygen atoms in total. The molecule has 0 radical (unpaired) electrons. The molecule has 0 bridgehead atoms. The fraction of sp³-hybridized carbons (Fsp3) is 0.200. The highest BCUT2D eigenvalue weighted by atomic mass is 35.7. The number of para-hydroxylation sites is 2. The number of fused-ring (bicyclic) bond motifs is 1. The van der Waals surface area contributed by atoms with Gasteiger partial charge in [-0.3, -0.25) is 0 Å². The van der Waals surface area contributed by atoms with E-state index in [0.29, 0.717) is 0 Å². The van der Waals surface area contributed by atoms with Crippen molar-refractivity contribution in [1.29, 1.82) is 0 Å². The van der Waals surface area contributed by atoms with Gasteiger partial charge < -0.3 is 4.74 Å². The predicted octanol–water partition coefficient (Wildman–Crippen LogP) is -3.27. The number of benzene rings is 1. The van der Waals surface area contributed by atoms with Crippen molar-refractivity contribution in [2.45, 2.75) is 13.8 Å². The zero-order chi connectivity index (χ0) is 17.2. The van der Waals surface area contributed by atoms with Crippen LogP contribution in [0.5, 0.6) is 0 Å². The fourth-order valence-corrected chi connectivity index (χ4v) is 2.33. The molecule has 0 saturated heterocycles. The number of hydrogen-bond donors (Lipinski definition) is 0. The molecule has 0 aromatic heterocycles. The van der Waals surface area contributed by atoms with E-state index >= 15 is 0 Å². The Balaban J connectivity index is 0.000000338. The monoisotopic (exact) mass is 338 g/mol. The van der Waals surface area contributed by atoms with Crippen LogP contribution in [0.3, 0.4) is 0 Å². The van der Waals surface area contributed by atoms with E-state index in [1.165, 1.54) is 0 Å². The van der Waals surface area contributed by atoms with Gasteiger partial charge in [0.25, 0.3) is 0 Å². The van der Waals surface area contributed by atoms with Crippen molar-refractivity contribution in [3.8, 4) is 0 Å². The van der Waals surface area contributed by atoms with Gasteiger partial charge in [-0.1, -0.05) is 12.1 Å². The van der Waals surface area contributed by atoms with Crippen molar-refractivity contribution < 1.29 is 33.6 Å². The van der Waals surface area contributed by atoms with Crippen LogP contribution < -0.4 is 33.9 Å². The van der Waals surface area contributed by atoms with Crippen LogP contribution in [0.1, 0.15) is 13.8 Å². The number of rotatable bonds is 0. The Bertz CT molecular complexity index is 808. The van der Waals surface area contributed by atoms with Gasteiger partial charge in [-0.05, 0) is 43.1 Å². The number of halogens is 1. The molecule has 0 unspecified atom stereocenters. The van der Waals surface area contributed by atoms with Gasteiger partial charge in [0, 0.05) is 0 Å². The zero-order valence-corrected chi connectivity index (χ0v) is 13.5. The standard InChI is InChI=1S/C15H15N2O.ClHO4/c1-10-8-12(9-11(2)18-10)15-16-13-6-4-5-7-14(13)17(15)3;2-1(3,4)5/h4-9H,1-3H3;(H,2,3,4,5)/q+1;/p-1. The van der Waals surface area contributed by atoms with Gasteiger partial charge in [0.1, 0.15) is 11.5 Å². The first-order valence-electron chi connectivity index (χ1n) is 6.60. The molecule has 0 atom stereocenters. The van der Waals surface area contributed by atoms with E-state index in [0.717, 1.165) is 33.6 Å². The van der Waals surface area contributed by atoms with Gasteiger partial charge in [0.2, 0.25) is 5.36 Å². The Morgan fingerprint density at radius 1 is 1.00 bits per heavy atom. The van der Waals surface area contributed by atoms with Crippen LogP contribution in [0.2, 0.25) is 0 Å². The number of ether oxygens (including phenoxy) is 1. The summed E-state index contributed by atoms with van der Waals surface area (Å²) in [7, 11) is -2.90. The molecule has 1 aromatic carbocycles. The van der Waals surface area contributed by atoms with Crippen molar-refractivity contribution in [3.05, 3.63) is 70.0 Å². The second-order valence-corrected chi connectivity index (χ2v) is 5.68. The molecule has 0 spiro atoms. The summed E-state index contributed by atoms with van der Waals surface area (Å²) in [4.78, 5) is 4.69. The fourth-order valence-electron chi connectivity index (χ4n) is 2.33. The van der Waals surface area contributed by atoms with Crippen molar-refractivity contribution in [2.75, 3.05) is 7.05 Å². The highest BCUT2D eigenvalue weighted by molar-refractivity contribution is 5.40. The molecule has 0 N–H and O–H groups in total. The summed E-state index contributed by atoms with van der Waals surface area (Å²) in [5, 5.41) is 2.16. The minimum Gasteiger partial charge on any atom is -0.467 e. The Labute approximate surface area is 134 Å². The van der Waals surface area contributed by atoms with Crippen LogP contribution in [0, 0.1) is 10.2 Å². The van der Waals surface area contributed by atoms with Crippen LogP contribution in [0.15, 0.2) is 64.3 Å². The molecule has 2 aliphatic heterocycles. The Kier molecular flexibility index (Phi) is 4.98.